The Kier molecular flexibility index (Phi) is 5.23. The molecule has 0 saturated heterocycles. The Hall–Kier alpha value is -3.86. The Morgan fingerprint density at radius 2 is 1.88 bits per heavy atom. The van der Waals surface area contributed by atoms with Gasteiger partial charge in [0, 0.05) is 34.9 Å². The summed E-state index contributed by atoms with van der Waals surface area (Å²) in [5.74, 6) is 1.67. The third-order valence-electron chi connectivity index (χ3n) is 6.03. The zero-order valence-electron chi connectivity index (χ0n) is 18.3. The number of aryl methyl sites for hydroxylation is 1. The van der Waals surface area contributed by atoms with Crippen molar-refractivity contribution in [1.29, 1.82) is 0 Å². The number of nitrogens with zero attached hydrogens (tertiary/aromatic N) is 2. The van der Waals surface area contributed by atoms with Gasteiger partial charge < -0.3 is 15.0 Å². The molecule has 2 heterocycles. The second-order valence-corrected chi connectivity index (χ2v) is 7.94. The lowest BCUT2D eigenvalue weighted by atomic mass is 10.1. The predicted octanol–water partition coefficient (Wildman–Crippen LogP) is 5.75. The van der Waals surface area contributed by atoms with Crippen LogP contribution in [-0.2, 0) is 12.8 Å². The van der Waals surface area contributed by atoms with E-state index in [1.165, 1.54) is 5.56 Å². The molecule has 0 bridgehead atoms. The smallest absolute Gasteiger partial charge is 0.255 e. The summed E-state index contributed by atoms with van der Waals surface area (Å²) in [5.41, 5.74) is 5.81. The number of para-hydroxylation sites is 1. The van der Waals surface area contributed by atoms with Gasteiger partial charge in [-0.25, -0.2) is 4.98 Å². The molecule has 1 aromatic heterocycles. The number of hydrogen-bond acceptors (Lipinski definition) is 4. The van der Waals surface area contributed by atoms with Crippen molar-refractivity contribution < 1.29 is 9.53 Å². The first-order valence-corrected chi connectivity index (χ1v) is 10.9. The molecule has 0 unspecified atom stereocenters. The standard InChI is InChI=1S/C27H25N3O2/c1-3-18-6-4-5-7-24(18)29-27(31)19-8-11-22(12-9-19)30-15-14-21-16-20-10-13-23(32-2)17-25(20)28-26(21)30/h4-13,16-17H,3,14-15H2,1-2H3,(H,29,31). The molecule has 0 atom stereocenters. The molecule has 5 heteroatoms. The lowest BCUT2D eigenvalue weighted by molar-refractivity contribution is 0.102. The van der Waals surface area contributed by atoms with Gasteiger partial charge in [-0.15, -0.1) is 0 Å². The molecule has 32 heavy (non-hydrogen) atoms. The highest BCUT2D eigenvalue weighted by atomic mass is 16.5. The molecule has 1 N–H and O–H groups in total. The summed E-state index contributed by atoms with van der Waals surface area (Å²) in [4.78, 5) is 19.9. The summed E-state index contributed by atoms with van der Waals surface area (Å²) >= 11 is 0. The molecule has 5 nitrogen and oxygen atoms in total. The monoisotopic (exact) mass is 423 g/mol. The summed E-state index contributed by atoms with van der Waals surface area (Å²) in [6, 6.07) is 23.8. The van der Waals surface area contributed by atoms with Crippen LogP contribution in [0.5, 0.6) is 5.75 Å². The number of carbonyl (C=O) groups excluding carboxylic acids is 1. The van der Waals surface area contributed by atoms with Gasteiger partial charge in [0.2, 0.25) is 0 Å². The van der Waals surface area contributed by atoms with Gasteiger partial charge in [0.1, 0.15) is 11.6 Å². The van der Waals surface area contributed by atoms with Crippen molar-refractivity contribution in [2.75, 3.05) is 23.9 Å². The fourth-order valence-electron chi connectivity index (χ4n) is 4.25. The average molecular weight is 424 g/mol. The molecule has 0 fully saturated rings. The van der Waals surface area contributed by atoms with E-state index >= 15 is 0 Å². The molecule has 1 aliphatic rings. The van der Waals surface area contributed by atoms with Crippen LogP contribution in [0.15, 0.2) is 72.8 Å². The average Bonchev–Trinajstić information content (AvgIpc) is 3.25. The van der Waals surface area contributed by atoms with E-state index in [1.54, 1.807) is 7.11 Å². The normalized spacial score (nSPS) is 12.6. The Morgan fingerprint density at radius 1 is 1.06 bits per heavy atom. The minimum atomic E-state index is -0.101. The van der Waals surface area contributed by atoms with Crippen molar-refractivity contribution in [3.05, 3.63) is 89.5 Å². The van der Waals surface area contributed by atoms with Crippen molar-refractivity contribution in [3.8, 4) is 5.75 Å². The summed E-state index contributed by atoms with van der Waals surface area (Å²) < 4.78 is 5.35. The number of anilines is 3. The first-order valence-electron chi connectivity index (χ1n) is 10.9. The second-order valence-electron chi connectivity index (χ2n) is 7.94. The number of methoxy groups -OCH3 is 1. The van der Waals surface area contributed by atoms with Crippen molar-refractivity contribution in [2.45, 2.75) is 19.8 Å². The van der Waals surface area contributed by atoms with Crippen LogP contribution < -0.4 is 15.0 Å². The highest BCUT2D eigenvalue weighted by molar-refractivity contribution is 6.05. The van der Waals surface area contributed by atoms with E-state index in [1.807, 2.05) is 66.7 Å². The second kappa shape index (κ2) is 8.35. The fourth-order valence-corrected chi connectivity index (χ4v) is 4.25. The topological polar surface area (TPSA) is 54.5 Å². The highest BCUT2D eigenvalue weighted by Crippen LogP contribution is 2.35. The van der Waals surface area contributed by atoms with Crippen LogP contribution in [0, 0.1) is 0 Å². The van der Waals surface area contributed by atoms with E-state index in [4.69, 9.17) is 9.72 Å². The van der Waals surface area contributed by atoms with Crippen LogP contribution in [0.4, 0.5) is 17.2 Å². The number of carbonyl (C=O) groups is 1. The van der Waals surface area contributed by atoms with Crippen molar-refractivity contribution in [2.24, 2.45) is 0 Å². The van der Waals surface area contributed by atoms with E-state index in [0.29, 0.717) is 5.56 Å². The molecule has 5 rings (SSSR count). The van der Waals surface area contributed by atoms with Crippen molar-refractivity contribution in [3.63, 3.8) is 0 Å². The molecule has 1 amide bonds. The maximum absolute atomic E-state index is 12.8. The largest absolute Gasteiger partial charge is 0.497 e. The van der Waals surface area contributed by atoms with E-state index < -0.39 is 0 Å². The molecule has 160 valence electrons. The van der Waals surface area contributed by atoms with Crippen LogP contribution in [-0.4, -0.2) is 24.5 Å². The van der Waals surface area contributed by atoms with Gasteiger partial charge in [-0.3, -0.25) is 4.79 Å². The van der Waals surface area contributed by atoms with Gasteiger partial charge in [-0.2, -0.15) is 0 Å². The van der Waals surface area contributed by atoms with Gasteiger partial charge in [-0.1, -0.05) is 25.1 Å². The van der Waals surface area contributed by atoms with Crippen molar-refractivity contribution in [1.82, 2.24) is 4.98 Å². The number of aromatic nitrogens is 1. The van der Waals surface area contributed by atoms with Crippen LogP contribution in [0.25, 0.3) is 10.9 Å². The quantitative estimate of drug-likeness (QED) is 0.444. The van der Waals surface area contributed by atoms with E-state index in [2.05, 4.69) is 23.2 Å². The zero-order chi connectivity index (χ0) is 22.1. The Bertz CT molecular complexity index is 1300. The first-order chi connectivity index (χ1) is 15.7. The molecular formula is C27H25N3O2. The minimum Gasteiger partial charge on any atom is -0.497 e. The van der Waals surface area contributed by atoms with E-state index in [9.17, 15) is 4.79 Å². The van der Waals surface area contributed by atoms with Gasteiger partial charge in [0.05, 0.1) is 12.6 Å². The number of fused-ring (bicyclic) bond motifs is 2. The SMILES string of the molecule is CCc1ccccc1NC(=O)c1ccc(N2CCc3cc4ccc(OC)cc4nc32)cc1. The van der Waals surface area contributed by atoms with Crippen LogP contribution in [0.1, 0.15) is 28.4 Å². The minimum absolute atomic E-state index is 0.101. The molecule has 1 aliphatic heterocycles. The van der Waals surface area contributed by atoms with Gasteiger partial charge >= 0.3 is 0 Å². The van der Waals surface area contributed by atoms with Gasteiger partial charge in [-0.05, 0) is 72.5 Å². The summed E-state index contributed by atoms with van der Waals surface area (Å²) in [6.07, 6.45) is 1.82. The van der Waals surface area contributed by atoms with Crippen molar-refractivity contribution >= 4 is 34.0 Å². The highest BCUT2D eigenvalue weighted by Gasteiger charge is 2.23. The lowest BCUT2D eigenvalue weighted by Gasteiger charge is -2.19. The number of hydrogen-bond donors (Lipinski definition) is 1. The maximum Gasteiger partial charge on any atom is 0.255 e. The van der Waals surface area contributed by atoms with Crippen LogP contribution in [0.2, 0.25) is 0 Å². The number of benzene rings is 3. The molecule has 0 saturated carbocycles. The molecule has 0 aliphatic carbocycles. The number of pyridine rings is 1. The van der Waals surface area contributed by atoms with Crippen LogP contribution in [0.3, 0.4) is 0 Å². The number of nitrogens with one attached hydrogen (secondary N) is 1. The summed E-state index contributed by atoms with van der Waals surface area (Å²) in [5, 5.41) is 4.15. The first kappa shape index (κ1) is 20.1. The van der Waals surface area contributed by atoms with Gasteiger partial charge in [0.25, 0.3) is 5.91 Å². The van der Waals surface area contributed by atoms with E-state index in [-0.39, 0.29) is 5.91 Å². The molecule has 0 spiro atoms. The molecular weight excluding hydrogens is 398 g/mol. The zero-order valence-corrected chi connectivity index (χ0v) is 18.3. The lowest BCUT2D eigenvalue weighted by Crippen LogP contribution is -2.16. The number of rotatable bonds is 5. The third-order valence-corrected chi connectivity index (χ3v) is 6.03. The molecule has 3 aromatic carbocycles. The fraction of sp³-hybridized carbons (Fsp3) is 0.185. The number of amides is 1. The summed E-state index contributed by atoms with van der Waals surface area (Å²) in [6.45, 7) is 2.95. The Balaban J connectivity index is 1.39. The predicted molar refractivity (Wildman–Crippen MR) is 129 cm³/mol. The summed E-state index contributed by atoms with van der Waals surface area (Å²) in [7, 11) is 1.67. The maximum atomic E-state index is 12.8. The number of ether oxygens (including phenoxy) is 1. The van der Waals surface area contributed by atoms with Crippen LogP contribution >= 0.6 is 0 Å². The molecule has 4 aromatic rings. The van der Waals surface area contributed by atoms with Gasteiger partial charge in [0.15, 0.2) is 0 Å². The Morgan fingerprint density at radius 3 is 2.66 bits per heavy atom. The Labute approximate surface area is 187 Å². The van der Waals surface area contributed by atoms with E-state index in [0.717, 1.165) is 58.8 Å². The third kappa shape index (κ3) is 3.66. The molecule has 0 radical (unpaired) electrons.